The molecule has 1 aromatic carbocycles. The van der Waals surface area contributed by atoms with Crippen molar-refractivity contribution in [2.45, 2.75) is 6.04 Å². The molecule has 0 spiro atoms. The lowest BCUT2D eigenvalue weighted by Crippen LogP contribution is -2.47. The average Bonchev–Trinajstić information content (AvgIpc) is 2.74. The number of carbonyl (C=O) groups excluding carboxylic acids is 2. The standard InChI is InChI=1S/C14H16BrN3O3/c15-9-2-1-3-10-12(9)13(16)14(20)18(10)8-11(19)17-4-6-21-7-5-17/h1-3,13H,4-8,16H2. The van der Waals surface area contributed by atoms with Crippen molar-refractivity contribution in [1.82, 2.24) is 4.90 Å². The van der Waals surface area contributed by atoms with Crippen LogP contribution in [0.4, 0.5) is 5.69 Å². The Hall–Kier alpha value is -1.44. The van der Waals surface area contributed by atoms with Gasteiger partial charge in [0.25, 0.3) is 0 Å². The summed E-state index contributed by atoms with van der Waals surface area (Å²) in [5.41, 5.74) is 7.43. The Balaban J connectivity index is 1.82. The first-order valence-electron chi connectivity index (χ1n) is 6.80. The van der Waals surface area contributed by atoms with Crippen LogP contribution >= 0.6 is 15.9 Å². The molecule has 1 aromatic rings. The van der Waals surface area contributed by atoms with Gasteiger partial charge < -0.3 is 20.3 Å². The number of fused-ring (bicyclic) bond motifs is 1. The van der Waals surface area contributed by atoms with Gasteiger partial charge in [-0.2, -0.15) is 0 Å². The van der Waals surface area contributed by atoms with Crippen molar-refractivity contribution >= 4 is 33.4 Å². The summed E-state index contributed by atoms with van der Waals surface area (Å²) in [4.78, 5) is 27.8. The van der Waals surface area contributed by atoms with Crippen molar-refractivity contribution in [3.8, 4) is 0 Å². The highest BCUT2D eigenvalue weighted by molar-refractivity contribution is 9.10. The fourth-order valence-electron chi connectivity index (χ4n) is 2.69. The van der Waals surface area contributed by atoms with Crippen LogP contribution in [-0.2, 0) is 14.3 Å². The molecule has 2 N–H and O–H groups in total. The molecule has 1 saturated heterocycles. The second-order valence-electron chi connectivity index (χ2n) is 5.07. The van der Waals surface area contributed by atoms with E-state index in [1.54, 1.807) is 4.90 Å². The van der Waals surface area contributed by atoms with Crippen molar-refractivity contribution < 1.29 is 14.3 Å². The predicted octanol–water partition coefficient (Wildman–Crippen LogP) is 0.654. The highest BCUT2D eigenvalue weighted by atomic mass is 79.9. The first-order valence-corrected chi connectivity index (χ1v) is 7.60. The molecule has 3 rings (SSSR count). The van der Waals surface area contributed by atoms with E-state index in [1.807, 2.05) is 18.2 Å². The van der Waals surface area contributed by atoms with Crippen LogP contribution in [0, 0.1) is 0 Å². The normalized spacial score (nSPS) is 21.6. The average molecular weight is 354 g/mol. The number of anilines is 1. The van der Waals surface area contributed by atoms with Crippen LogP contribution in [0.1, 0.15) is 11.6 Å². The zero-order valence-electron chi connectivity index (χ0n) is 11.4. The maximum absolute atomic E-state index is 12.3. The van der Waals surface area contributed by atoms with E-state index in [0.29, 0.717) is 32.0 Å². The fraction of sp³-hybridized carbons (Fsp3) is 0.429. The number of morpholine rings is 1. The van der Waals surface area contributed by atoms with Crippen molar-refractivity contribution in [3.05, 3.63) is 28.2 Å². The summed E-state index contributed by atoms with van der Waals surface area (Å²) >= 11 is 3.41. The molecular formula is C14H16BrN3O3. The Labute approximate surface area is 131 Å². The first kappa shape index (κ1) is 14.5. The third-order valence-electron chi connectivity index (χ3n) is 3.82. The van der Waals surface area contributed by atoms with Crippen LogP contribution < -0.4 is 10.6 Å². The minimum Gasteiger partial charge on any atom is -0.378 e. The van der Waals surface area contributed by atoms with Crippen molar-refractivity contribution in [3.63, 3.8) is 0 Å². The van der Waals surface area contributed by atoms with Gasteiger partial charge in [0.1, 0.15) is 12.6 Å². The summed E-state index contributed by atoms with van der Waals surface area (Å²) in [7, 11) is 0. The van der Waals surface area contributed by atoms with Crippen molar-refractivity contribution in [2.24, 2.45) is 5.73 Å². The summed E-state index contributed by atoms with van der Waals surface area (Å²) in [5.74, 6) is -0.315. The molecule has 1 fully saturated rings. The van der Waals surface area contributed by atoms with Gasteiger partial charge >= 0.3 is 0 Å². The van der Waals surface area contributed by atoms with Crippen LogP contribution in [0.3, 0.4) is 0 Å². The van der Waals surface area contributed by atoms with E-state index in [2.05, 4.69) is 15.9 Å². The quantitative estimate of drug-likeness (QED) is 0.847. The SMILES string of the molecule is NC1C(=O)N(CC(=O)N2CCOCC2)c2cccc(Br)c21. The number of amides is 2. The van der Waals surface area contributed by atoms with Gasteiger partial charge in [-0.3, -0.25) is 9.59 Å². The highest BCUT2D eigenvalue weighted by Crippen LogP contribution is 2.39. The second-order valence-corrected chi connectivity index (χ2v) is 5.92. The minimum absolute atomic E-state index is 0.0238. The molecule has 6 nitrogen and oxygen atoms in total. The van der Waals surface area contributed by atoms with Crippen LogP contribution in [-0.4, -0.2) is 49.6 Å². The minimum atomic E-state index is -0.715. The number of hydrogen-bond acceptors (Lipinski definition) is 4. The van der Waals surface area contributed by atoms with Gasteiger partial charge in [0.15, 0.2) is 0 Å². The summed E-state index contributed by atoms with van der Waals surface area (Å²) < 4.78 is 6.02. The molecule has 112 valence electrons. The number of halogens is 1. The van der Waals surface area contributed by atoms with Gasteiger partial charge in [-0.05, 0) is 12.1 Å². The molecule has 0 aromatic heterocycles. The number of nitrogens with zero attached hydrogens (tertiary/aromatic N) is 2. The molecule has 7 heteroatoms. The summed E-state index contributed by atoms with van der Waals surface area (Å²) in [6.45, 7) is 2.25. The zero-order chi connectivity index (χ0) is 15.0. The van der Waals surface area contributed by atoms with Crippen molar-refractivity contribution in [2.75, 3.05) is 37.7 Å². The zero-order valence-corrected chi connectivity index (χ0v) is 13.0. The largest absolute Gasteiger partial charge is 0.378 e. The van der Waals surface area contributed by atoms with Gasteiger partial charge in [-0.15, -0.1) is 0 Å². The topological polar surface area (TPSA) is 75.9 Å². The van der Waals surface area contributed by atoms with Gasteiger partial charge in [-0.25, -0.2) is 0 Å². The fourth-order valence-corrected chi connectivity index (χ4v) is 3.29. The van der Waals surface area contributed by atoms with Crippen LogP contribution in [0.2, 0.25) is 0 Å². The Kier molecular flexibility index (Phi) is 3.97. The number of hydrogen-bond donors (Lipinski definition) is 1. The Morgan fingerprint density at radius 2 is 2.10 bits per heavy atom. The predicted molar refractivity (Wildman–Crippen MR) is 80.8 cm³/mol. The van der Waals surface area contributed by atoms with E-state index >= 15 is 0 Å². The van der Waals surface area contributed by atoms with Gasteiger partial charge in [0.05, 0.1) is 18.9 Å². The molecule has 2 aliphatic rings. The Morgan fingerprint density at radius 3 is 2.81 bits per heavy atom. The third-order valence-corrected chi connectivity index (χ3v) is 4.51. The Bertz CT molecular complexity index is 587. The highest BCUT2D eigenvalue weighted by Gasteiger charge is 2.37. The maximum atomic E-state index is 12.3. The van der Waals surface area contributed by atoms with E-state index in [0.717, 1.165) is 10.0 Å². The lowest BCUT2D eigenvalue weighted by atomic mass is 10.1. The summed E-state index contributed by atoms with van der Waals surface area (Å²) in [5, 5.41) is 0. The molecular weight excluding hydrogens is 338 g/mol. The lowest BCUT2D eigenvalue weighted by Gasteiger charge is -2.28. The number of nitrogens with two attached hydrogens (primary N) is 1. The van der Waals surface area contributed by atoms with E-state index < -0.39 is 6.04 Å². The van der Waals surface area contributed by atoms with Gasteiger partial charge in [0, 0.05) is 23.1 Å². The van der Waals surface area contributed by atoms with Gasteiger partial charge in [-0.1, -0.05) is 22.0 Å². The van der Waals surface area contributed by atoms with Crippen molar-refractivity contribution in [1.29, 1.82) is 0 Å². The summed E-state index contributed by atoms with van der Waals surface area (Å²) in [6, 6.07) is 4.78. The number of benzene rings is 1. The van der Waals surface area contributed by atoms with E-state index in [-0.39, 0.29) is 18.4 Å². The van der Waals surface area contributed by atoms with Crippen LogP contribution in [0.25, 0.3) is 0 Å². The molecule has 21 heavy (non-hydrogen) atoms. The molecule has 0 bridgehead atoms. The maximum Gasteiger partial charge on any atom is 0.249 e. The molecule has 0 radical (unpaired) electrons. The smallest absolute Gasteiger partial charge is 0.249 e. The van der Waals surface area contributed by atoms with E-state index in [4.69, 9.17) is 10.5 Å². The first-order chi connectivity index (χ1) is 10.1. The number of rotatable bonds is 2. The molecule has 0 aliphatic carbocycles. The molecule has 2 aliphatic heterocycles. The lowest BCUT2D eigenvalue weighted by molar-refractivity contribution is -0.135. The van der Waals surface area contributed by atoms with E-state index in [1.165, 1.54) is 4.90 Å². The molecule has 1 atom stereocenters. The molecule has 0 saturated carbocycles. The van der Waals surface area contributed by atoms with Crippen LogP contribution in [0.5, 0.6) is 0 Å². The summed E-state index contributed by atoms with van der Waals surface area (Å²) in [6.07, 6.45) is 0. The van der Waals surface area contributed by atoms with E-state index in [9.17, 15) is 9.59 Å². The number of carbonyl (C=O) groups is 2. The third kappa shape index (κ3) is 2.56. The molecule has 1 unspecified atom stereocenters. The monoisotopic (exact) mass is 353 g/mol. The second kappa shape index (κ2) is 5.75. The molecule has 2 heterocycles. The van der Waals surface area contributed by atoms with Crippen LogP contribution in [0.15, 0.2) is 22.7 Å². The number of ether oxygens (including phenoxy) is 1. The van der Waals surface area contributed by atoms with Gasteiger partial charge in [0.2, 0.25) is 11.8 Å². The Morgan fingerprint density at radius 1 is 1.38 bits per heavy atom. The molecule has 2 amide bonds.